The number of anilines is 1. The SMILES string of the molecule is CC(C)N(CCNC(=O)c1cc(-c2ccccc2)c(N2CCOCC2)s1)C(C)C. The minimum Gasteiger partial charge on any atom is -0.378 e. The van der Waals surface area contributed by atoms with Gasteiger partial charge in [-0.3, -0.25) is 9.69 Å². The van der Waals surface area contributed by atoms with Crippen molar-refractivity contribution >= 4 is 22.2 Å². The Morgan fingerprint density at radius 3 is 2.41 bits per heavy atom. The highest BCUT2D eigenvalue weighted by atomic mass is 32.1. The van der Waals surface area contributed by atoms with Crippen LogP contribution >= 0.6 is 11.3 Å². The van der Waals surface area contributed by atoms with Gasteiger partial charge < -0.3 is 15.0 Å². The van der Waals surface area contributed by atoms with E-state index in [1.807, 2.05) is 24.3 Å². The monoisotopic (exact) mass is 415 g/mol. The van der Waals surface area contributed by atoms with Crippen molar-refractivity contribution in [3.8, 4) is 11.1 Å². The van der Waals surface area contributed by atoms with Crippen LogP contribution < -0.4 is 10.2 Å². The van der Waals surface area contributed by atoms with E-state index in [4.69, 9.17) is 4.74 Å². The van der Waals surface area contributed by atoms with Crippen molar-refractivity contribution in [3.63, 3.8) is 0 Å². The molecule has 1 saturated heterocycles. The molecule has 1 N–H and O–H groups in total. The maximum absolute atomic E-state index is 12.9. The molecule has 2 heterocycles. The molecule has 1 aromatic carbocycles. The third kappa shape index (κ3) is 5.59. The van der Waals surface area contributed by atoms with Crippen molar-refractivity contribution in [2.75, 3.05) is 44.3 Å². The van der Waals surface area contributed by atoms with Crippen LogP contribution in [0.15, 0.2) is 36.4 Å². The molecule has 0 bridgehead atoms. The molecule has 5 nitrogen and oxygen atoms in total. The third-order valence-electron chi connectivity index (χ3n) is 5.30. The summed E-state index contributed by atoms with van der Waals surface area (Å²) < 4.78 is 5.51. The van der Waals surface area contributed by atoms with E-state index in [0.29, 0.717) is 18.6 Å². The number of nitrogens with zero attached hydrogens (tertiary/aromatic N) is 2. The van der Waals surface area contributed by atoms with Crippen LogP contribution in [0.4, 0.5) is 5.00 Å². The Bertz CT molecular complexity index is 775. The lowest BCUT2D eigenvalue weighted by molar-refractivity contribution is 0.0943. The van der Waals surface area contributed by atoms with Gasteiger partial charge in [0, 0.05) is 43.8 Å². The molecule has 1 amide bonds. The first-order valence-electron chi connectivity index (χ1n) is 10.5. The number of ether oxygens (including phenoxy) is 1. The summed E-state index contributed by atoms with van der Waals surface area (Å²) in [6.45, 7) is 13.5. The van der Waals surface area contributed by atoms with Gasteiger partial charge in [0.05, 0.1) is 23.1 Å². The second-order valence-corrected chi connectivity index (χ2v) is 9.01. The fraction of sp³-hybridized carbons (Fsp3) is 0.522. The van der Waals surface area contributed by atoms with Crippen LogP contribution in [0.3, 0.4) is 0 Å². The highest BCUT2D eigenvalue weighted by Gasteiger charge is 2.22. The van der Waals surface area contributed by atoms with Crippen LogP contribution in [-0.2, 0) is 4.74 Å². The largest absolute Gasteiger partial charge is 0.378 e. The van der Waals surface area contributed by atoms with Gasteiger partial charge in [-0.15, -0.1) is 11.3 Å². The zero-order chi connectivity index (χ0) is 20.8. The Balaban J connectivity index is 1.75. The molecule has 6 heteroatoms. The predicted octanol–water partition coefficient (Wildman–Crippen LogP) is 4.10. The summed E-state index contributed by atoms with van der Waals surface area (Å²) in [4.78, 5) is 18.4. The van der Waals surface area contributed by atoms with E-state index in [9.17, 15) is 4.79 Å². The van der Waals surface area contributed by atoms with Crippen molar-refractivity contribution in [1.29, 1.82) is 0 Å². The van der Waals surface area contributed by atoms with Gasteiger partial charge in [-0.25, -0.2) is 0 Å². The first-order chi connectivity index (χ1) is 14.0. The molecule has 3 rings (SSSR count). The standard InChI is InChI=1S/C23H33N3O2S/c1-17(2)26(18(3)4)11-10-24-22(27)21-16-20(19-8-6-5-7-9-19)23(29-21)25-12-14-28-15-13-25/h5-9,16-18H,10-15H2,1-4H3,(H,24,27). The van der Waals surface area contributed by atoms with Crippen LogP contribution in [0.1, 0.15) is 37.4 Å². The number of benzene rings is 1. The smallest absolute Gasteiger partial charge is 0.261 e. The number of hydrogen-bond donors (Lipinski definition) is 1. The molecule has 1 aromatic heterocycles. The number of amides is 1. The molecule has 0 saturated carbocycles. The van der Waals surface area contributed by atoms with Crippen LogP contribution in [0.2, 0.25) is 0 Å². The highest BCUT2D eigenvalue weighted by Crippen LogP contribution is 2.39. The molecule has 0 unspecified atom stereocenters. The lowest BCUT2D eigenvalue weighted by Crippen LogP contribution is -2.42. The van der Waals surface area contributed by atoms with Crippen LogP contribution in [-0.4, -0.2) is 62.3 Å². The molecule has 29 heavy (non-hydrogen) atoms. The molecule has 0 aliphatic carbocycles. The minimum absolute atomic E-state index is 0.0131. The van der Waals surface area contributed by atoms with Gasteiger partial charge >= 0.3 is 0 Å². The summed E-state index contributed by atoms with van der Waals surface area (Å²) in [5, 5.41) is 4.28. The second-order valence-electron chi connectivity index (χ2n) is 7.98. The maximum Gasteiger partial charge on any atom is 0.261 e. The zero-order valence-corrected chi connectivity index (χ0v) is 18.8. The zero-order valence-electron chi connectivity index (χ0n) is 18.0. The van der Waals surface area contributed by atoms with Gasteiger partial charge in [0.25, 0.3) is 5.91 Å². The first kappa shape index (κ1) is 21.8. The summed E-state index contributed by atoms with van der Waals surface area (Å²) in [5.74, 6) is 0.0131. The predicted molar refractivity (Wildman–Crippen MR) is 122 cm³/mol. The fourth-order valence-corrected chi connectivity index (χ4v) is 4.97. The molecule has 2 aromatic rings. The van der Waals surface area contributed by atoms with E-state index >= 15 is 0 Å². The average Bonchev–Trinajstić information content (AvgIpc) is 3.17. The summed E-state index contributed by atoms with van der Waals surface area (Å²) in [6.07, 6.45) is 0. The molecule has 1 aliphatic heterocycles. The Kier molecular flexibility index (Phi) is 7.70. The summed E-state index contributed by atoms with van der Waals surface area (Å²) in [7, 11) is 0. The van der Waals surface area contributed by atoms with E-state index in [-0.39, 0.29) is 5.91 Å². The molecular weight excluding hydrogens is 382 g/mol. The van der Waals surface area contributed by atoms with E-state index in [2.05, 4.69) is 54.9 Å². The number of thiophene rings is 1. The van der Waals surface area contributed by atoms with Crippen LogP contribution in [0.5, 0.6) is 0 Å². The molecule has 0 atom stereocenters. The lowest BCUT2D eigenvalue weighted by Gasteiger charge is -2.30. The molecule has 158 valence electrons. The van der Waals surface area contributed by atoms with Gasteiger partial charge in [-0.05, 0) is 39.3 Å². The molecule has 0 radical (unpaired) electrons. The molecular formula is C23H33N3O2S. The van der Waals surface area contributed by atoms with Gasteiger partial charge in [0.2, 0.25) is 0 Å². The van der Waals surface area contributed by atoms with Crippen LogP contribution in [0.25, 0.3) is 11.1 Å². The number of nitrogens with one attached hydrogen (secondary N) is 1. The highest BCUT2D eigenvalue weighted by molar-refractivity contribution is 7.18. The summed E-state index contributed by atoms with van der Waals surface area (Å²) in [5.41, 5.74) is 2.28. The molecule has 1 fully saturated rings. The Hall–Kier alpha value is -1.89. The summed E-state index contributed by atoms with van der Waals surface area (Å²) >= 11 is 1.59. The van der Waals surface area contributed by atoms with Crippen molar-refractivity contribution in [2.45, 2.75) is 39.8 Å². The summed E-state index contributed by atoms with van der Waals surface area (Å²) in [6, 6.07) is 13.3. The number of morpholine rings is 1. The lowest BCUT2D eigenvalue weighted by atomic mass is 10.1. The van der Waals surface area contributed by atoms with Gasteiger partial charge in [-0.2, -0.15) is 0 Å². The normalized spacial score (nSPS) is 14.8. The van der Waals surface area contributed by atoms with E-state index in [1.165, 1.54) is 0 Å². The molecule has 1 aliphatic rings. The van der Waals surface area contributed by atoms with Crippen molar-refractivity contribution in [1.82, 2.24) is 10.2 Å². The second kappa shape index (κ2) is 10.2. The average molecular weight is 416 g/mol. The van der Waals surface area contributed by atoms with E-state index in [0.717, 1.165) is 53.9 Å². The van der Waals surface area contributed by atoms with Gasteiger partial charge in [0.1, 0.15) is 0 Å². The number of rotatable bonds is 8. The first-order valence-corrected chi connectivity index (χ1v) is 11.3. The number of carbonyl (C=O) groups excluding carboxylic acids is 1. The minimum atomic E-state index is 0.0131. The topological polar surface area (TPSA) is 44.8 Å². The Morgan fingerprint density at radius 2 is 1.79 bits per heavy atom. The van der Waals surface area contributed by atoms with E-state index in [1.54, 1.807) is 11.3 Å². The third-order valence-corrected chi connectivity index (χ3v) is 6.50. The fourth-order valence-electron chi connectivity index (χ4n) is 3.82. The quantitative estimate of drug-likeness (QED) is 0.705. The maximum atomic E-state index is 12.9. The Labute approximate surface area is 178 Å². The van der Waals surface area contributed by atoms with Crippen molar-refractivity contribution < 1.29 is 9.53 Å². The van der Waals surface area contributed by atoms with Crippen molar-refractivity contribution in [2.24, 2.45) is 0 Å². The van der Waals surface area contributed by atoms with Crippen LogP contribution in [0, 0.1) is 0 Å². The Morgan fingerprint density at radius 1 is 1.14 bits per heavy atom. The van der Waals surface area contributed by atoms with E-state index < -0.39 is 0 Å². The van der Waals surface area contributed by atoms with Gasteiger partial charge in [0.15, 0.2) is 0 Å². The number of carbonyl (C=O) groups is 1. The number of hydrogen-bond acceptors (Lipinski definition) is 5. The van der Waals surface area contributed by atoms with Gasteiger partial charge in [-0.1, -0.05) is 30.3 Å². The van der Waals surface area contributed by atoms with Crippen molar-refractivity contribution in [3.05, 3.63) is 41.3 Å². The molecule has 0 spiro atoms.